The van der Waals surface area contributed by atoms with Gasteiger partial charge in [0, 0.05) is 12.6 Å². The first-order valence-electron chi connectivity index (χ1n) is 7.82. The van der Waals surface area contributed by atoms with Crippen LogP contribution in [0.5, 0.6) is 11.5 Å². The van der Waals surface area contributed by atoms with Crippen molar-refractivity contribution in [2.75, 3.05) is 19.8 Å². The molecule has 1 N–H and O–H groups in total. The van der Waals surface area contributed by atoms with E-state index in [0.717, 1.165) is 17.7 Å². The van der Waals surface area contributed by atoms with E-state index >= 15 is 0 Å². The van der Waals surface area contributed by atoms with Crippen LogP contribution in [-0.2, 0) is 11.3 Å². The number of aliphatic carboxylic acids is 1. The Labute approximate surface area is 132 Å². The fourth-order valence-electron chi connectivity index (χ4n) is 2.08. The van der Waals surface area contributed by atoms with E-state index in [1.165, 1.54) is 0 Å². The van der Waals surface area contributed by atoms with Crippen molar-refractivity contribution in [3.8, 4) is 11.5 Å². The minimum Gasteiger partial charge on any atom is -0.490 e. The van der Waals surface area contributed by atoms with E-state index in [4.69, 9.17) is 14.6 Å². The lowest BCUT2D eigenvalue weighted by Gasteiger charge is -2.25. The van der Waals surface area contributed by atoms with Gasteiger partial charge in [-0.25, -0.2) is 0 Å². The van der Waals surface area contributed by atoms with E-state index in [1.807, 2.05) is 43.9 Å². The molecule has 0 unspecified atom stereocenters. The summed E-state index contributed by atoms with van der Waals surface area (Å²) >= 11 is 0. The maximum Gasteiger partial charge on any atom is 0.317 e. The molecule has 0 aliphatic carbocycles. The Morgan fingerprint density at radius 3 is 2.50 bits per heavy atom. The van der Waals surface area contributed by atoms with Crippen LogP contribution < -0.4 is 9.47 Å². The van der Waals surface area contributed by atoms with Gasteiger partial charge in [-0.05, 0) is 44.9 Å². The summed E-state index contributed by atoms with van der Waals surface area (Å²) in [7, 11) is 0. The van der Waals surface area contributed by atoms with Crippen molar-refractivity contribution in [3.63, 3.8) is 0 Å². The van der Waals surface area contributed by atoms with Crippen molar-refractivity contribution >= 4 is 5.97 Å². The van der Waals surface area contributed by atoms with Crippen LogP contribution in [0.25, 0.3) is 0 Å². The Hall–Kier alpha value is -1.75. The molecular weight excluding hydrogens is 282 g/mol. The molecular formula is C17H27NO4. The molecule has 0 spiro atoms. The highest BCUT2D eigenvalue weighted by Gasteiger charge is 2.15. The molecule has 5 heteroatoms. The molecule has 1 aromatic carbocycles. The van der Waals surface area contributed by atoms with Gasteiger partial charge in [0.25, 0.3) is 0 Å². The normalized spacial score (nSPS) is 11.0. The molecule has 0 amide bonds. The lowest BCUT2D eigenvalue weighted by Crippen LogP contribution is -2.35. The summed E-state index contributed by atoms with van der Waals surface area (Å²) in [6.07, 6.45) is 0.938. The summed E-state index contributed by atoms with van der Waals surface area (Å²) in [6.45, 7) is 9.78. The van der Waals surface area contributed by atoms with Crippen molar-refractivity contribution in [2.24, 2.45) is 0 Å². The molecule has 0 fully saturated rings. The Balaban J connectivity index is 2.89. The second-order valence-electron chi connectivity index (χ2n) is 5.46. The molecule has 22 heavy (non-hydrogen) atoms. The summed E-state index contributed by atoms with van der Waals surface area (Å²) in [5.74, 6) is 0.635. The maximum absolute atomic E-state index is 11.0. The first-order valence-corrected chi connectivity index (χ1v) is 7.82. The molecule has 5 nitrogen and oxygen atoms in total. The minimum absolute atomic E-state index is 0.0235. The van der Waals surface area contributed by atoms with Gasteiger partial charge < -0.3 is 14.6 Å². The van der Waals surface area contributed by atoms with E-state index in [1.54, 1.807) is 0 Å². The fraction of sp³-hybridized carbons (Fsp3) is 0.588. The van der Waals surface area contributed by atoms with Gasteiger partial charge in [0.2, 0.25) is 0 Å². The van der Waals surface area contributed by atoms with Crippen molar-refractivity contribution in [1.82, 2.24) is 4.90 Å². The highest BCUT2D eigenvalue weighted by Crippen LogP contribution is 2.29. The number of benzene rings is 1. The van der Waals surface area contributed by atoms with Crippen LogP contribution in [0.3, 0.4) is 0 Å². The van der Waals surface area contributed by atoms with Crippen LogP contribution >= 0.6 is 0 Å². The van der Waals surface area contributed by atoms with Crippen LogP contribution in [0.1, 0.15) is 39.7 Å². The smallest absolute Gasteiger partial charge is 0.317 e. The quantitative estimate of drug-likeness (QED) is 0.719. The number of rotatable bonds is 10. The molecule has 0 saturated carbocycles. The monoisotopic (exact) mass is 309 g/mol. The van der Waals surface area contributed by atoms with Crippen LogP contribution in [0.4, 0.5) is 0 Å². The predicted molar refractivity (Wildman–Crippen MR) is 86.6 cm³/mol. The van der Waals surface area contributed by atoms with Gasteiger partial charge in [-0.3, -0.25) is 9.69 Å². The summed E-state index contributed by atoms with van der Waals surface area (Å²) in [5, 5.41) is 9.00. The second-order valence-corrected chi connectivity index (χ2v) is 5.46. The highest BCUT2D eigenvalue weighted by molar-refractivity contribution is 5.69. The Kier molecular flexibility index (Phi) is 7.74. The van der Waals surface area contributed by atoms with Gasteiger partial charge in [0.15, 0.2) is 11.5 Å². The van der Waals surface area contributed by atoms with Gasteiger partial charge in [0.1, 0.15) is 0 Å². The number of carbonyl (C=O) groups is 1. The number of hydrogen-bond acceptors (Lipinski definition) is 4. The summed E-state index contributed by atoms with van der Waals surface area (Å²) < 4.78 is 11.3. The highest BCUT2D eigenvalue weighted by atomic mass is 16.5. The molecule has 0 saturated heterocycles. The number of hydrogen-bond donors (Lipinski definition) is 1. The van der Waals surface area contributed by atoms with Gasteiger partial charge in [0.05, 0.1) is 19.8 Å². The molecule has 0 heterocycles. The molecule has 0 radical (unpaired) electrons. The van der Waals surface area contributed by atoms with Crippen LogP contribution in [-0.4, -0.2) is 41.8 Å². The first-order chi connectivity index (χ1) is 10.5. The summed E-state index contributed by atoms with van der Waals surface area (Å²) in [4.78, 5) is 12.9. The Morgan fingerprint density at radius 1 is 1.23 bits per heavy atom. The predicted octanol–water partition coefficient (Wildman–Crippen LogP) is 3.17. The van der Waals surface area contributed by atoms with Crippen LogP contribution in [0.15, 0.2) is 18.2 Å². The lowest BCUT2D eigenvalue weighted by atomic mass is 10.1. The zero-order valence-electron chi connectivity index (χ0n) is 14.0. The fourth-order valence-corrected chi connectivity index (χ4v) is 2.08. The molecule has 0 aliphatic rings. The van der Waals surface area contributed by atoms with Crippen molar-refractivity contribution < 1.29 is 19.4 Å². The van der Waals surface area contributed by atoms with Gasteiger partial charge in [-0.1, -0.05) is 13.0 Å². The van der Waals surface area contributed by atoms with Gasteiger partial charge >= 0.3 is 5.97 Å². The Bertz CT molecular complexity index is 474. The lowest BCUT2D eigenvalue weighted by molar-refractivity contribution is -0.138. The molecule has 124 valence electrons. The number of nitrogens with zero attached hydrogens (tertiary/aromatic N) is 1. The molecule has 0 aliphatic heterocycles. The average molecular weight is 309 g/mol. The summed E-state index contributed by atoms with van der Waals surface area (Å²) in [5.41, 5.74) is 1.02. The largest absolute Gasteiger partial charge is 0.490 e. The molecule has 0 bridgehead atoms. The average Bonchev–Trinajstić information content (AvgIpc) is 2.45. The van der Waals surface area contributed by atoms with Gasteiger partial charge in [-0.15, -0.1) is 0 Å². The molecule has 0 atom stereocenters. The minimum atomic E-state index is -0.818. The zero-order valence-corrected chi connectivity index (χ0v) is 14.0. The van der Waals surface area contributed by atoms with Crippen molar-refractivity contribution in [3.05, 3.63) is 23.8 Å². The third kappa shape index (κ3) is 5.93. The Morgan fingerprint density at radius 2 is 1.95 bits per heavy atom. The van der Waals surface area contributed by atoms with Crippen molar-refractivity contribution in [2.45, 2.75) is 46.7 Å². The summed E-state index contributed by atoms with van der Waals surface area (Å²) in [6, 6.07) is 5.95. The van der Waals surface area contributed by atoms with Crippen LogP contribution in [0.2, 0.25) is 0 Å². The third-order valence-electron chi connectivity index (χ3n) is 3.22. The number of carboxylic acids is 1. The van der Waals surface area contributed by atoms with E-state index in [9.17, 15) is 4.79 Å². The van der Waals surface area contributed by atoms with E-state index in [-0.39, 0.29) is 12.6 Å². The SMILES string of the molecule is CCCOc1ccc(CN(CC(=O)O)C(C)C)cc1OCC. The van der Waals surface area contributed by atoms with E-state index < -0.39 is 5.97 Å². The van der Waals surface area contributed by atoms with Crippen molar-refractivity contribution in [1.29, 1.82) is 0 Å². The maximum atomic E-state index is 11.0. The molecule has 1 rings (SSSR count). The number of carboxylic acid groups (broad SMARTS) is 1. The van der Waals surface area contributed by atoms with E-state index in [0.29, 0.717) is 25.5 Å². The molecule has 0 aromatic heterocycles. The zero-order chi connectivity index (χ0) is 16.5. The topological polar surface area (TPSA) is 59.0 Å². The standard InChI is InChI=1S/C17H27NO4/c1-5-9-22-15-8-7-14(10-16(15)21-6-2)11-18(13(3)4)12-17(19)20/h7-8,10,13H,5-6,9,11-12H2,1-4H3,(H,19,20). The van der Waals surface area contributed by atoms with Crippen LogP contribution in [0, 0.1) is 0 Å². The van der Waals surface area contributed by atoms with E-state index in [2.05, 4.69) is 6.92 Å². The third-order valence-corrected chi connectivity index (χ3v) is 3.22. The first kappa shape index (κ1) is 18.3. The van der Waals surface area contributed by atoms with Gasteiger partial charge in [-0.2, -0.15) is 0 Å². The molecule has 1 aromatic rings. The second kappa shape index (κ2) is 9.30. The number of ether oxygens (including phenoxy) is 2.